The van der Waals surface area contributed by atoms with E-state index in [0.717, 1.165) is 61.2 Å². The maximum atomic E-state index is 11.6. The highest BCUT2D eigenvalue weighted by atomic mass is 16.5. The van der Waals surface area contributed by atoms with Gasteiger partial charge in [0.15, 0.2) is 0 Å². The van der Waals surface area contributed by atoms with Crippen molar-refractivity contribution in [2.45, 2.75) is 72.1 Å². The minimum absolute atomic E-state index is 0.178. The van der Waals surface area contributed by atoms with Crippen LogP contribution < -0.4 is 0 Å². The zero-order valence-corrected chi connectivity index (χ0v) is 19.2. The lowest BCUT2D eigenvalue weighted by Gasteiger charge is -2.19. The smallest absolute Gasteiger partial charge is 0.305 e. The molecule has 5 heteroatoms. The fourth-order valence-corrected chi connectivity index (χ4v) is 4.02. The molecule has 3 rings (SSSR count). The largest absolute Gasteiger partial charge is 0.469 e. The molecule has 0 bridgehead atoms. The molecule has 1 aliphatic carbocycles. The Kier molecular flexibility index (Phi) is 8.10. The molecule has 1 aliphatic rings. The molecule has 31 heavy (non-hydrogen) atoms. The van der Waals surface area contributed by atoms with Gasteiger partial charge in [0, 0.05) is 17.0 Å². The van der Waals surface area contributed by atoms with Gasteiger partial charge in [-0.2, -0.15) is 10.2 Å². The second-order valence-electron chi connectivity index (χ2n) is 8.29. The van der Waals surface area contributed by atoms with Gasteiger partial charge in [-0.1, -0.05) is 48.7 Å². The van der Waals surface area contributed by atoms with Crippen molar-refractivity contribution in [3.05, 3.63) is 58.4 Å². The number of rotatable bonds is 7. The summed E-state index contributed by atoms with van der Waals surface area (Å²) in [6.45, 7) is 6.43. The van der Waals surface area contributed by atoms with Crippen LogP contribution in [0, 0.1) is 6.92 Å². The van der Waals surface area contributed by atoms with Crippen LogP contribution in [0.25, 0.3) is 11.3 Å². The Balaban J connectivity index is 1.87. The van der Waals surface area contributed by atoms with E-state index in [9.17, 15) is 4.79 Å². The zero-order chi connectivity index (χ0) is 22.2. The number of carbonyl (C=O) groups is 1. The molecular weight excluding hydrogens is 386 g/mol. The number of aromatic nitrogens is 2. The predicted octanol–water partition coefficient (Wildman–Crippen LogP) is 5.80. The van der Waals surface area contributed by atoms with Crippen molar-refractivity contribution in [2.24, 2.45) is 4.99 Å². The Morgan fingerprint density at radius 3 is 2.52 bits per heavy atom. The van der Waals surface area contributed by atoms with Gasteiger partial charge in [-0.3, -0.25) is 9.79 Å². The van der Waals surface area contributed by atoms with Gasteiger partial charge < -0.3 is 4.74 Å². The summed E-state index contributed by atoms with van der Waals surface area (Å²) in [5.74, 6) is -0.178. The van der Waals surface area contributed by atoms with E-state index < -0.39 is 0 Å². The number of fused-ring (bicyclic) bond motifs is 1. The first-order valence-electron chi connectivity index (χ1n) is 11.2. The first-order valence-corrected chi connectivity index (χ1v) is 11.2. The molecule has 0 saturated heterocycles. The normalized spacial score (nSPS) is 17.0. The summed E-state index contributed by atoms with van der Waals surface area (Å²) in [5, 5.41) is 8.80. The summed E-state index contributed by atoms with van der Waals surface area (Å²) in [5.41, 5.74) is 9.48. The van der Waals surface area contributed by atoms with Crippen LogP contribution in [0.5, 0.6) is 0 Å². The van der Waals surface area contributed by atoms with E-state index in [1.165, 1.54) is 29.4 Å². The third-order valence-corrected chi connectivity index (χ3v) is 5.92. The number of aliphatic imine (C=N–C) groups is 1. The van der Waals surface area contributed by atoms with E-state index in [4.69, 9.17) is 9.73 Å². The van der Waals surface area contributed by atoms with E-state index in [-0.39, 0.29) is 5.97 Å². The minimum atomic E-state index is -0.178. The average Bonchev–Trinajstić information content (AvgIpc) is 2.77. The Hall–Kier alpha value is -2.82. The summed E-state index contributed by atoms with van der Waals surface area (Å²) in [6, 6.07) is 8.50. The van der Waals surface area contributed by atoms with Crippen molar-refractivity contribution in [1.82, 2.24) is 10.2 Å². The topological polar surface area (TPSA) is 64.4 Å². The van der Waals surface area contributed by atoms with Crippen molar-refractivity contribution in [3.63, 3.8) is 0 Å². The highest BCUT2D eigenvalue weighted by Crippen LogP contribution is 2.31. The number of esters is 1. The number of ether oxygens (including phenoxy) is 1. The second kappa shape index (κ2) is 11.0. The van der Waals surface area contributed by atoms with E-state index in [1.54, 1.807) is 0 Å². The first-order chi connectivity index (χ1) is 15.0. The molecule has 0 fully saturated rings. The summed E-state index contributed by atoms with van der Waals surface area (Å²) in [6.07, 6.45) is 8.56. The SMILES string of the molecule is CCC/C(CCC(=O)OC)=N\C1=C(/C)CCc2cnnc(-c3ccc(C)cc3)c2CC1. The molecule has 1 aromatic heterocycles. The number of allylic oxidation sites excluding steroid dienone is 2. The standard InChI is InChI=1S/C26H33N3O2/c1-5-6-22(13-16-25(30)31-4)28-24-15-14-23-21(12-9-19(24)3)17-27-29-26(23)20-10-7-18(2)8-11-20/h7-8,10-11,17H,5-6,9,12-16H2,1-4H3/b24-19+,28-22+. The van der Waals surface area contributed by atoms with Gasteiger partial charge in [-0.05, 0) is 63.5 Å². The number of nitrogens with zero attached hydrogens (tertiary/aromatic N) is 3. The van der Waals surface area contributed by atoms with Crippen LogP contribution in [0.3, 0.4) is 0 Å². The van der Waals surface area contributed by atoms with Crippen molar-refractivity contribution in [2.75, 3.05) is 7.11 Å². The lowest BCUT2D eigenvalue weighted by atomic mass is 9.90. The van der Waals surface area contributed by atoms with Gasteiger partial charge in [0.05, 0.1) is 25.4 Å². The average molecular weight is 420 g/mol. The monoisotopic (exact) mass is 419 g/mol. The van der Waals surface area contributed by atoms with Crippen LogP contribution in [0.1, 0.15) is 69.1 Å². The number of aryl methyl sites for hydroxylation is 2. The van der Waals surface area contributed by atoms with Crippen LogP contribution in [-0.2, 0) is 22.4 Å². The third-order valence-electron chi connectivity index (χ3n) is 5.92. The molecule has 1 heterocycles. The molecule has 0 N–H and O–H groups in total. The fourth-order valence-electron chi connectivity index (χ4n) is 4.02. The molecule has 0 aliphatic heterocycles. The Morgan fingerprint density at radius 2 is 1.81 bits per heavy atom. The second-order valence-corrected chi connectivity index (χ2v) is 8.29. The summed E-state index contributed by atoms with van der Waals surface area (Å²) >= 11 is 0. The van der Waals surface area contributed by atoms with Gasteiger partial charge >= 0.3 is 5.97 Å². The van der Waals surface area contributed by atoms with E-state index >= 15 is 0 Å². The zero-order valence-electron chi connectivity index (χ0n) is 19.2. The molecule has 0 saturated carbocycles. The number of benzene rings is 1. The third kappa shape index (κ3) is 6.09. The maximum absolute atomic E-state index is 11.6. The lowest BCUT2D eigenvalue weighted by Crippen LogP contribution is -2.09. The van der Waals surface area contributed by atoms with Crippen LogP contribution in [0.15, 0.2) is 46.7 Å². The van der Waals surface area contributed by atoms with Crippen LogP contribution >= 0.6 is 0 Å². The Bertz CT molecular complexity index is 975. The predicted molar refractivity (Wildman–Crippen MR) is 125 cm³/mol. The summed E-state index contributed by atoms with van der Waals surface area (Å²) in [7, 11) is 1.44. The van der Waals surface area contributed by atoms with E-state index in [2.05, 4.69) is 55.2 Å². The first kappa shape index (κ1) is 22.9. The van der Waals surface area contributed by atoms with E-state index in [0.29, 0.717) is 12.8 Å². The molecule has 0 atom stereocenters. The molecule has 0 amide bonds. The maximum Gasteiger partial charge on any atom is 0.305 e. The quantitative estimate of drug-likeness (QED) is 0.420. The molecule has 5 nitrogen and oxygen atoms in total. The highest BCUT2D eigenvalue weighted by Gasteiger charge is 2.18. The van der Waals surface area contributed by atoms with Crippen LogP contribution in [-0.4, -0.2) is 29.0 Å². The molecule has 0 radical (unpaired) electrons. The van der Waals surface area contributed by atoms with Gasteiger partial charge in [0.25, 0.3) is 0 Å². The van der Waals surface area contributed by atoms with Crippen LogP contribution in [0.2, 0.25) is 0 Å². The van der Waals surface area contributed by atoms with Gasteiger partial charge in [-0.15, -0.1) is 0 Å². The molecule has 164 valence electrons. The van der Waals surface area contributed by atoms with Crippen molar-refractivity contribution >= 4 is 11.7 Å². The minimum Gasteiger partial charge on any atom is -0.469 e. The van der Waals surface area contributed by atoms with E-state index in [1.807, 2.05) is 6.20 Å². The molecule has 0 unspecified atom stereocenters. The molecule has 1 aromatic carbocycles. The lowest BCUT2D eigenvalue weighted by molar-refractivity contribution is -0.140. The number of methoxy groups -OCH3 is 1. The van der Waals surface area contributed by atoms with Gasteiger partial charge in [0.1, 0.15) is 0 Å². The molecule has 0 spiro atoms. The number of hydrogen-bond acceptors (Lipinski definition) is 5. The summed E-state index contributed by atoms with van der Waals surface area (Å²) < 4.78 is 4.81. The van der Waals surface area contributed by atoms with Gasteiger partial charge in [0.2, 0.25) is 0 Å². The number of carbonyl (C=O) groups excluding carboxylic acids is 1. The Labute approximate surface area is 185 Å². The van der Waals surface area contributed by atoms with Crippen LogP contribution in [0.4, 0.5) is 0 Å². The van der Waals surface area contributed by atoms with Crippen molar-refractivity contribution in [3.8, 4) is 11.3 Å². The number of hydrogen-bond donors (Lipinski definition) is 0. The Morgan fingerprint density at radius 1 is 1.03 bits per heavy atom. The van der Waals surface area contributed by atoms with Crippen molar-refractivity contribution in [1.29, 1.82) is 0 Å². The molecular formula is C26H33N3O2. The summed E-state index contributed by atoms with van der Waals surface area (Å²) in [4.78, 5) is 16.7. The van der Waals surface area contributed by atoms with Crippen molar-refractivity contribution < 1.29 is 9.53 Å². The van der Waals surface area contributed by atoms with Gasteiger partial charge in [-0.25, -0.2) is 0 Å². The highest BCUT2D eigenvalue weighted by molar-refractivity contribution is 5.88. The molecule has 2 aromatic rings. The fraction of sp³-hybridized carbons (Fsp3) is 0.462.